The molecule has 0 unspecified atom stereocenters. The Morgan fingerprint density at radius 2 is 1.76 bits per heavy atom. The molecule has 224 valence electrons. The fourth-order valence-electron chi connectivity index (χ4n) is 3.89. The number of nitrogens with zero attached hydrogens (tertiary/aromatic N) is 2. The number of ether oxygens (including phenoxy) is 3. The number of methoxy groups -OCH3 is 1. The predicted octanol–water partition coefficient (Wildman–Crippen LogP) is 1.73. The molecule has 13 nitrogen and oxygen atoms in total. The molecule has 0 saturated heterocycles. The molecule has 2 aromatic carbocycles. The van der Waals surface area contributed by atoms with E-state index in [1.165, 1.54) is 22.9 Å². The van der Waals surface area contributed by atoms with Crippen molar-refractivity contribution in [2.75, 3.05) is 44.6 Å². The molecule has 0 aliphatic carbocycles. The molecule has 0 bridgehead atoms. The second kappa shape index (κ2) is 15.3. The molecule has 13 heteroatoms. The standard InChI is InChI=1S/C29H37N7O6/c1-18(2)35-27-28(38)36(17-25(37)33-15-19-4-6-20(7-5-19)26(31)32)24(16-34-27)21-12-22(14-23(30)13-21)29(39)42-11-10-41-9-8-40-3/h4-7,12-14,16,18H,8-11,15,17,30H2,1-3H3,(H3,31,32)(H,33,37)(H,34,35). The topological polar surface area (TPSA) is 197 Å². The van der Waals surface area contributed by atoms with Crippen molar-refractivity contribution in [1.82, 2.24) is 14.9 Å². The van der Waals surface area contributed by atoms with Gasteiger partial charge in [0.2, 0.25) is 5.91 Å². The van der Waals surface area contributed by atoms with Crippen molar-refractivity contribution in [2.24, 2.45) is 5.73 Å². The molecule has 3 rings (SSSR count). The Morgan fingerprint density at radius 3 is 2.43 bits per heavy atom. The summed E-state index contributed by atoms with van der Waals surface area (Å²) >= 11 is 0. The fraction of sp³-hybridized carbons (Fsp3) is 0.345. The van der Waals surface area contributed by atoms with Crippen LogP contribution < -0.4 is 27.7 Å². The van der Waals surface area contributed by atoms with E-state index in [0.717, 1.165) is 5.56 Å². The van der Waals surface area contributed by atoms with E-state index in [0.29, 0.717) is 30.0 Å². The second-order valence-corrected chi connectivity index (χ2v) is 9.65. The van der Waals surface area contributed by atoms with Crippen LogP contribution in [0, 0.1) is 5.41 Å². The molecule has 0 saturated carbocycles. The Balaban J connectivity index is 1.84. The zero-order valence-electron chi connectivity index (χ0n) is 23.9. The summed E-state index contributed by atoms with van der Waals surface area (Å²) in [5.41, 5.74) is 13.6. The Kier molecular flexibility index (Phi) is 11.6. The van der Waals surface area contributed by atoms with Crippen molar-refractivity contribution in [2.45, 2.75) is 33.0 Å². The van der Waals surface area contributed by atoms with Gasteiger partial charge in [-0.3, -0.25) is 19.6 Å². The van der Waals surface area contributed by atoms with Crippen LogP contribution in [-0.4, -0.2) is 66.8 Å². The second-order valence-electron chi connectivity index (χ2n) is 9.65. The van der Waals surface area contributed by atoms with Crippen molar-refractivity contribution in [1.29, 1.82) is 5.41 Å². The van der Waals surface area contributed by atoms with Crippen LogP contribution in [0.3, 0.4) is 0 Å². The molecule has 0 aliphatic rings. The lowest BCUT2D eigenvalue weighted by Crippen LogP contribution is -2.35. The SMILES string of the molecule is COCCOCCOC(=O)c1cc(N)cc(-c2cnc(NC(C)C)c(=O)n2CC(=O)NCc2ccc(C(=N)N)cc2)c1. The van der Waals surface area contributed by atoms with Crippen molar-refractivity contribution in [3.8, 4) is 11.3 Å². The summed E-state index contributed by atoms with van der Waals surface area (Å²) in [5.74, 6) is -1.01. The maximum atomic E-state index is 13.4. The van der Waals surface area contributed by atoms with Gasteiger partial charge in [0.1, 0.15) is 19.0 Å². The van der Waals surface area contributed by atoms with Gasteiger partial charge in [-0.1, -0.05) is 24.3 Å². The summed E-state index contributed by atoms with van der Waals surface area (Å²) in [4.78, 5) is 43.4. The lowest BCUT2D eigenvalue weighted by Gasteiger charge is -2.17. The molecule has 0 radical (unpaired) electrons. The third kappa shape index (κ3) is 9.14. The van der Waals surface area contributed by atoms with Gasteiger partial charge in [-0.15, -0.1) is 0 Å². The summed E-state index contributed by atoms with van der Waals surface area (Å²) in [6, 6.07) is 11.4. The quantitative estimate of drug-likeness (QED) is 0.0581. The molecular formula is C29H37N7O6. The van der Waals surface area contributed by atoms with Crippen LogP contribution in [-0.2, 0) is 32.1 Å². The van der Waals surface area contributed by atoms with E-state index in [4.69, 9.17) is 31.1 Å². The van der Waals surface area contributed by atoms with Gasteiger partial charge in [0.25, 0.3) is 5.56 Å². The summed E-state index contributed by atoms with van der Waals surface area (Å²) < 4.78 is 16.8. The number of nitrogens with one attached hydrogen (secondary N) is 3. The molecule has 3 aromatic rings. The fourth-order valence-corrected chi connectivity index (χ4v) is 3.89. The number of amides is 1. The van der Waals surface area contributed by atoms with Crippen molar-refractivity contribution in [3.63, 3.8) is 0 Å². The summed E-state index contributed by atoms with van der Waals surface area (Å²) in [6.07, 6.45) is 1.45. The number of esters is 1. The van der Waals surface area contributed by atoms with E-state index in [-0.39, 0.29) is 55.2 Å². The van der Waals surface area contributed by atoms with E-state index in [1.54, 1.807) is 37.4 Å². The zero-order valence-corrected chi connectivity index (χ0v) is 23.9. The Hall–Kier alpha value is -4.75. The molecule has 0 aliphatic heterocycles. The maximum Gasteiger partial charge on any atom is 0.338 e. The molecule has 1 heterocycles. The minimum absolute atomic E-state index is 0.0339. The highest BCUT2D eigenvalue weighted by Gasteiger charge is 2.18. The van der Waals surface area contributed by atoms with Crippen LogP contribution in [0.2, 0.25) is 0 Å². The highest BCUT2D eigenvalue weighted by Crippen LogP contribution is 2.24. The first-order valence-corrected chi connectivity index (χ1v) is 13.3. The minimum Gasteiger partial charge on any atom is -0.460 e. The van der Waals surface area contributed by atoms with Crippen LogP contribution in [0.5, 0.6) is 0 Å². The van der Waals surface area contributed by atoms with Crippen LogP contribution in [0.1, 0.15) is 35.3 Å². The van der Waals surface area contributed by atoms with E-state index in [1.807, 2.05) is 13.8 Å². The van der Waals surface area contributed by atoms with Crippen molar-refractivity contribution < 1.29 is 23.8 Å². The van der Waals surface area contributed by atoms with Gasteiger partial charge in [0.15, 0.2) is 5.82 Å². The van der Waals surface area contributed by atoms with Gasteiger partial charge in [-0.2, -0.15) is 0 Å². The monoisotopic (exact) mass is 579 g/mol. The van der Waals surface area contributed by atoms with Gasteiger partial charge in [0.05, 0.1) is 37.3 Å². The molecule has 1 aromatic heterocycles. The zero-order chi connectivity index (χ0) is 30.6. The number of nitrogen functional groups attached to an aromatic ring is 2. The number of aromatic nitrogens is 2. The number of amidine groups is 1. The van der Waals surface area contributed by atoms with Gasteiger partial charge in [-0.25, -0.2) is 9.78 Å². The number of benzene rings is 2. The minimum atomic E-state index is -0.618. The third-order valence-corrected chi connectivity index (χ3v) is 5.92. The normalized spacial score (nSPS) is 10.9. The smallest absolute Gasteiger partial charge is 0.338 e. The lowest BCUT2D eigenvalue weighted by molar-refractivity contribution is -0.121. The van der Waals surface area contributed by atoms with Gasteiger partial charge in [-0.05, 0) is 37.6 Å². The summed E-state index contributed by atoms with van der Waals surface area (Å²) in [7, 11) is 1.56. The molecule has 1 amide bonds. The number of anilines is 2. The highest BCUT2D eigenvalue weighted by molar-refractivity contribution is 5.95. The van der Waals surface area contributed by atoms with Crippen LogP contribution in [0.4, 0.5) is 11.5 Å². The predicted molar refractivity (Wildman–Crippen MR) is 159 cm³/mol. The highest BCUT2D eigenvalue weighted by atomic mass is 16.6. The number of hydrogen-bond donors (Lipinski definition) is 5. The number of carbonyl (C=O) groups is 2. The molecule has 7 N–H and O–H groups in total. The van der Waals surface area contributed by atoms with E-state index in [2.05, 4.69) is 15.6 Å². The first-order valence-electron chi connectivity index (χ1n) is 13.3. The number of nitrogens with two attached hydrogens (primary N) is 2. The number of carbonyl (C=O) groups excluding carboxylic acids is 2. The Labute approximate surface area is 243 Å². The van der Waals surface area contributed by atoms with Crippen molar-refractivity contribution >= 4 is 29.2 Å². The van der Waals surface area contributed by atoms with E-state index < -0.39 is 17.4 Å². The van der Waals surface area contributed by atoms with Gasteiger partial charge >= 0.3 is 5.97 Å². The van der Waals surface area contributed by atoms with Crippen LogP contribution in [0.15, 0.2) is 53.5 Å². The third-order valence-electron chi connectivity index (χ3n) is 5.92. The number of hydrogen-bond acceptors (Lipinski definition) is 10. The molecule has 0 spiro atoms. The first-order chi connectivity index (χ1) is 20.1. The average Bonchev–Trinajstić information content (AvgIpc) is 2.95. The Morgan fingerprint density at radius 1 is 1.05 bits per heavy atom. The lowest BCUT2D eigenvalue weighted by atomic mass is 10.1. The van der Waals surface area contributed by atoms with E-state index in [9.17, 15) is 14.4 Å². The molecule has 0 atom stereocenters. The summed E-state index contributed by atoms with van der Waals surface area (Å²) in [5, 5.41) is 13.3. The van der Waals surface area contributed by atoms with Crippen molar-refractivity contribution in [3.05, 3.63) is 75.7 Å². The number of rotatable bonds is 15. The van der Waals surface area contributed by atoms with Gasteiger partial charge < -0.3 is 36.3 Å². The first kappa shape index (κ1) is 31.8. The summed E-state index contributed by atoms with van der Waals surface area (Å²) in [6.45, 7) is 4.65. The van der Waals surface area contributed by atoms with Gasteiger partial charge in [0, 0.05) is 36.5 Å². The molecular weight excluding hydrogens is 542 g/mol. The molecule has 42 heavy (non-hydrogen) atoms. The van der Waals surface area contributed by atoms with Crippen LogP contribution in [0.25, 0.3) is 11.3 Å². The van der Waals surface area contributed by atoms with Crippen LogP contribution >= 0.6 is 0 Å². The average molecular weight is 580 g/mol. The maximum absolute atomic E-state index is 13.4. The Bertz CT molecular complexity index is 1450. The molecule has 0 fully saturated rings. The van der Waals surface area contributed by atoms with E-state index >= 15 is 0 Å². The largest absolute Gasteiger partial charge is 0.460 e.